The lowest BCUT2D eigenvalue weighted by atomic mass is 10.3. The number of nitrogens with zero attached hydrogens (tertiary/aromatic N) is 1. The van der Waals surface area contributed by atoms with Crippen LogP contribution in [0.25, 0.3) is 0 Å². The van der Waals surface area contributed by atoms with Gasteiger partial charge in [0.05, 0.1) is 4.92 Å². The molecule has 0 aliphatic heterocycles. The lowest BCUT2D eigenvalue weighted by molar-refractivity contribution is -0.384. The normalized spacial score (nSPS) is 8.46. The maximum Gasteiger partial charge on any atom is 0.269 e. The average Bonchev–Trinajstić information content (AvgIpc) is 2.06. The molecule has 0 aliphatic carbocycles. The molecule has 5 nitrogen and oxygen atoms in total. The summed E-state index contributed by atoms with van der Waals surface area (Å²) in [5, 5.41) is 18.8. The van der Waals surface area contributed by atoms with E-state index in [1.54, 1.807) is 14.2 Å². The van der Waals surface area contributed by atoms with Gasteiger partial charge in [0.1, 0.15) is 5.75 Å². The summed E-state index contributed by atoms with van der Waals surface area (Å²) in [6.45, 7) is 0. The number of rotatable bonds is 1. The number of non-ortho nitro benzene ring substituents is 1. The van der Waals surface area contributed by atoms with Gasteiger partial charge in [0.15, 0.2) is 0 Å². The molecule has 5 heteroatoms. The van der Waals surface area contributed by atoms with Crippen LogP contribution in [0, 0.1) is 10.1 Å². The van der Waals surface area contributed by atoms with Crippen molar-refractivity contribution >= 4 is 5.69 Å². The molecular weight excluding hydrogens is 174 g/mol. The quantitative estimate of drug-likeness (QED) is 0.532. The summed E-state index contributed by atoms with van der Waals surface area (Å²) in [5.41, 5.74) is -0.0159. The molecule has 0 amide bonds. The van der Waals surface area contributed by atoms with Crippen LogP contribution in [-0.2, 0) is 4.74 Å². The first-order valence-electron chi connectivity index (χ1n) is 3.45. The Hall–Kier alpha value is -1.62. The Kier molecular flexibility index (Phi) is 5.22. The standard InChI is InChI=1S/C6H5NO3.C2H6O/c8-6-3-1-5(2-4-6)7(9)10;1-3-2/h1-4,8H;1-2H3. The van der Waals surface area contributed by atoms with Gasteiger partial charge in [0.25, 0.3) is 5.69 Å². The summed E-state index contributed by atoms with van der Waals surface area (Å²) in [5.74, 6) is 0.0330. The fraction of sp³-hybridized carbons (Fsp3) is 0.250. The lowest BCUT2D eigenvalue weighted by Gasteiger charge is -1.89. The van der Waals surface area contributed by atoms with Crippen LogP contribution in [0.2, 0.25) is 0 Å². The van der Waals surface area contributed by atoms with Crippen molar-refractivity contribution in [2.75, 3.05) is 14.2 Å². The Morgan fingerprint density at radius 1 is 1.31 bits per heavy atom. The zero-order chi connectivity index (χ0) is 10.3. The first kappa shape index (κ1) is 11.4. The molecule has 0 atom stereocenters. The molecule has 0 unspecified atom stereocenters. The molecule has 1 aromatic carbocycles. The highest BCUT2D eigenvalue weighted by Crippen LogP contribution is 2.14. The molecule has 0 fully saturated rings. The van der Waals surface area contributed by atoms with E-state index in [0.717, 1.165) is 0 Å². The van der Waals surface area contributed by atoms with E-state index in [0.29, 0.717) is 0 Å². The maximum atomic E-state index is 10.0. The summed E-state index contributed by atoms with van der Waals surface area (Å²) >= 11 is 0. The SMILES string of the molecule is COC.O=[N+]([O-])c1ccc(O)cc1. The number of aromatic hydroxyl groups is 1. The summed E-state index contributed by atoms with van der Waals surface area (Å²) in [4.78, 5) is 9.52. The highest BCUT2D eigenvalue weighted by atomic mass is 16.6. The van der Waals surface area contributed by atoms with Gasteiger partial charge in [-0.25, -0.2) is 0 Å². The van der Waals surface area contributed by atoms with Crippen molar-refractivity contribution in [1.82, 2.24) is 0 Å². The minimum absolute atomic E-state index is 0.0159. The topological polar surface area (TPSA) is 72.6 Å². The number of methoxy groups -OCH3 is 1. The number of benzene rings is 1. The number of ether oxygens (including phenoxy) is 1. The van der Waals surface area contributed by atoms with Crippen LogP contribution >= 0.6 is 0 Å². The van der Waals surface area contributed by atoms with Crippen LogP contribution in [0.5, 0.6) is 5.75 Å². The van der Waals surface area contributed by atoms with Gasteiger partial charge in [0, 0.05) is 26.4 Å². The Morgan fingerprint density at radius 3 is 2.00 bits per heavy atom. The van der Waals surface area contributed by atoms with Crippen LogP contribution in [0.15, 0.2) is 24.3 Å². The molecule has 0 bridgehead atoms. The number of nitro benzene ring substituents is 1. The van der Waals surface area contributed by atoms with E-state index < -0.39 is 4.92 Å². The van der Waals surface area contributed by atoms with Gasteiger partial charge in [0.2, 0.25) is 0 Å². The Labute approximate surface area is 75.7 Å². The van der Waals surface area contributed by atoms with Crippen molar-refractivity contribution in [3.05, 3.63) is 34.4 Å². The molecular formula is C8H11NO4. The van der Waals surface area contributed by atoms with Crippen LogP contribution in [0.4, 0.5) is 5.69 Å². The van der Waals surface area contributed by atoms with Gasteiger partial charge in [-0.2, -0.15) is 0 Å². The smallest absolute Gasteiger partial charge is 0.269 e. The fourth-order valence-corrected chi connectivity index (χ4v) is 0.574. The maximum absolute atomic E-state index is 10.0. The molecule has 0 aromatic heterocycles. The van der Waals surface area contributed by atoms with Gasteiger partial charge >= 0.3 is 0 Å². The molecule has 0 heterocycles. The monoisotopic (exact) mass is 185 g/mol. The summed E-state index contributed by atoms with van der Waals surface area (Å²) in [7, 11) is 3.25. The fourth-order valence-electron chi connectivity index (χ4n) is 0.574. The van der Waals surface area contributed by atoms with Gasteiger partial charge in [-0.3, -0.25) is 10.1 Å². The Bertz CT molecular complexity index is 257. The molecule has 72 valence electrons. The van der Waals surface area contributed by atoms with E-state index in [-0.39, 0.29) is 11.4 Å². The molecule has 0 spiro atoms. The third-order valence-electron chi connectivity index (χ3n) is 1.06. The van der Waals surface area contributed by atoms with Gasteiger partial charge in [-0.15, -0.1) is 0 Å². The molecule has 13 heavy (non-hydrogen) atoms. The highest BCUT2D eigenvalue weighted by molar-refractivity contribution is 5.34. The summed E-state index contributed by atoms with van der Waals surface area (Å²) in [6.07, 6.45) is 0. The van der Waals surface area contributed by atoms with Crippen molar-refractivity contribution in [3.63, 3.8) is 0 Å². The largest absolute Gasteiger partial charge is 0.508 e. The second-order valence-electron chi connectivity index (χ2n) is 2.18. The van der Waals surface area contributed by atoms with E-state index in [1.165, 1.54) is 24.3 Å². The summed E-state index contributed by atoms with van der Waals surface area (Å²) in [6, 6.07) is 5.04. The summed E-state index contributed by atoms with van der Waals surface area (Å²) < 4.78 is 4.25. The van der Waals surface area contributed by atoms with Crippen molar-refractivity contribution in [2.45, 2.75) is 0 Å². The van der Waals surface area contributed by atoms with Gasteiger partial charge < -0.3 is 9.84 Å². The zero-order valence-corrected chi connectivity index (χ0v) is 7.43. The number of hydrogen-bond donors (Lipinski definition) is 1. The number of hydrogen-bond acceptors (Lipinski definition) is 4. The zero-order valence-electron chi connectivity index (χ0n) is 7.43. The second kappa shape index (κ2) is 5.96. The predicted molar refractivity (Wildman–Crippen MR) is 47.7 cm³/mol. The van der Waals surface area contributed by atoms with E-state index in [9.17, 15) is 10.1 Å². The number of phenols is 1. The van der Waals surface area contributed by atoms with Crippen molar-refractivity contribution in [3.8, 4) is 5.75 Å². The minimum atomic E-state index is -0.514. The Morgan fingerprint density at radius 2 is 1.69 bits per heavy atom. The highest BCUT2D eigenvalue weighted by Gasteiger charge is 2.01. The molecule has 0 saturated heterocycles. The minimum Gasteiger partial charge on any atom is -0.508 e. The van der Waals surface area contributed by atoms with Crippen molar-refractivity contribution < 1.29 is 14.8 Å². The molecule has 0 radical (unpaired) electrons. The van der Waals surface area contributed by atoms with Crippen molar-refractivity contribution in [1.29, 1.82) is 0 Å². The lowest BCUT2D eigenvalue weighted by Crippen LogP contribution is -1.85. The molecule has 1 aromatic rings. The van der Waals surface area contributed by atoms with Crippen molar-refractivity contribution in [2.24, 2.45) is 0 Å². The first-order chi connectivity index (χ1) is 6.11. The van der Waals surface area contributed by atoms with E-state index in [2.05, 4.69) is 4.74 Å². The molecule has 1 rings (SSSR count). The number of nitro groups is 1. The molecule has 0 saturated carbocycles. The van der Waals surface area contributed by atoms with E-state index in [4.69, 9.17) is 5.11 Å². The van der Waals surface area contributed by atoms with Crippen LogP contribution in [-0.4, -0.2) is 24.2 Å². The van der Waals surface area contributed by atoms with Gasteiger partial charge in [-0.05, 0) is 12.1 Å². The average molecular weight is 185 g/mol. The van der Waals surface area contributed by atoms with E-state index in [1.807, 2.05) is 0 Å². The van der Waals surface area contributed by atoms with Crippen LogP contribution < -0.4 is 0 Å². The predicted octanol–water partition coefficient (Wildman–Crippen LogP) is 1.56. The second-order valence-corrected chi connectivity index (χ2v) is 2.18. The van der Waals surface area contributed by atoms with Crippen LogP contribution in [0.3, 0.4) is 0 Å². The first-order valence-corrected chi connectivity index (χ1v) is 3.45. The van der Waals surface area contributed by atoms with E-state index >= 15 is 0 Å². The number of phenolic OH excluding ortho intramolecular Hbond substituents is 1. The van der Waals surface area contributed by atoms with Gasteiger partial charge in [-0.1, -0.05) is 0 Å². The molecule has 1 N–H and O–H groups in total. The third kappa shape index (κ3) is 4.76. The van der Waals surface area contributed by atoms with Crippen LogP contribution in [0.1, 0.15) is 0 Å². The molecule has 0 aliphatic rings. The Balaban J connectivity index is 0.000000424. The third-order valence-corrected chi connectivity index (χ3v) is 1.06.